The molecule has 31 heavy (non-hydrogen) atoms. The van der Waals surface area contributed by atoms with Crippen molar-refractivity contribution in [1.82, 2.24) is 10.2 Å². The Labute approximate surface area is 187 Å². The SMILES string of the molecule is CC(F)(F)c1ccc2c(N3CCN(CCCC(=O)NC4CCCCC4)CC3)csc2c1. The number of thiophene rings is 1. The lowest BCUT2D eigenvalue weighted by atomic mass is 9.95. The molecule has 2 aliphatic rings. The van der Waals surface area contributed by atoms with E-state index in [4.69, 9.17) is 0 Å². The average molecular weight is 450 g/mol. The van der Waals surface area contributed by atoms with Crippen molar-refractivity contribution in [2.45, 2.75) is 63.8 Å². The van der Waals surface area contributed by atoms with Crippen molar-refractivity contribution in [3.05, 3.63) is 29.1 Å². The second-order valence-corrected chi connectivity index (χ2v) is 9.97. The van der Waals surface area contributed by atoms with Crippen LogP contribution in [0.4, 0.5) is 14.5 Å². The number of nitrogens with one attached hydrogen (secondary N) is 1. The summed E-state index contributed by atoms with van der Waals surface area (Å²) in [5, 5.41) is 6.35. The molecule has 1 aromatic heterocycles. The van der Waals surface area contributed by atoms with Gasteiger partial charge in [-0.05, 0) is 31.9 Å². The molecule has 2 heterocycles. The third-order valence-electron chi connectivity index (χ3n) is 6.62. The van der Waals surface area contributed by atoms with Crippen molar-refractivity contribution in [3.8, 4) is 0 Å². The second-order valence-electron chi connectivity index (χ2n) is 9.05. The van der Waals surface area contributed by atoms with E-state index in [0.717, 1.165) is 74.7 Å². The largest absolute Gasteiger partial charge is 0.368 e. The number of carbonyl (C=O) groups is 1. The van der Waals surface area contributed by atoms with Gasteiger partial charge in [-0.3, -0.25) is 9.69 Å². The van der Waals surface area contributed by atoms with E-state index >= 15 is 0 Å². The number of hydrogen-bond acceptors (Lipinski definition) is 4. The smallest absolute Gasteiger partial charge is 0.270 e. The summed E-state index contributed by atoms with van der Waals surface area (Å²) in [4.78, 5) is 17.0. The maximum atomic E-state index is 13.6. The van der Waals surface area contributed by atoms with Crippen LogP contribution < -0.4 is 10.2 Å². The monoisotopic (exact) mass is 449 g/mol. The van der Waals surface area contributed by atoms with E-state index in [0.29, 0.717) is 12.5 Å². The Balaban J connectivity index is 1.23. The summed E-state index contributed by atoms with van der Waals surface area (Å²) in [5.74, 6) is -2.61. The summed E-state index contributed by atoms with van der Waals surface area (Å²) in [5.41, 5.74) is 1.23. The van der Waals surface area contributed by atoms with Gasteiger partial charge in [0.05, 0.1) is 5.69 Å². The second kappa shape index (κ2) is 9.82. The number of hydrogen-bond donors (Lipinski definition) is 1. The number of benzene rings is 1. The summed E-state index contributed by atoms with van der Waals surface area (Å²) in [7, 11) is 0. The molecule has 1 aliphatic heterocycles. The van der Waals surface area contributed by atoms with Gasteiger partial charge < -0.3 is 10.2 Å². The first-order valence-electron chi connectivity index (χ1n) is 11.6. The van der Waals surface area contributed by atoms with Crippen LogP contribution in [0.15, 0.2) is 23.6 Å². The zero-order valence-corrected chi connectivity index (χ0v) is 19.2. The third kappa shape index (κ3) is 5.75. The van der Waals surface area contributed by atoms with E-state index in [-0.39, 0.29) is 11.5 Å². The molecule has 1 N–H and O–H groups in total. The first kappa shape index (κ1) is 22.5. The van der Waals surface area contributed by atoms with Gasteiger partial charge in [0, 0.05) is 66.6 Å². The van der Waals surface area contributed by atoms with Gasteiger partial charge in [0.15, 0.2) is 0 Å². The third-order valence-corrected chi connectivity index (χ3v) is 7.56. The first-order valence-corrected chi connectivity index (χ1v) is 12.4. The highest BCUT2D eigenvalue weighted by molar-refractivity contribution is 7.17. The summed E-state index contributed by atoms with van der Waals surface area (Å²) in [6, 6.07) is 5.40. The molecule has 1 aliphatic carbocycles. The molecule has 7 heteroatoms. The Morgan fingerprint density at radius 2 is 1.90 bits per heavy atom. The molecule has 1 saturated heterocycles. The number of amides is 1. The van der Waals surface area contributed by atoms with Crippen LogP contribution in [-0.2, 0) is 10.7 Å². The van der Waals surface area contributed by atoms with Crippen LogP contribution in [-0.4, -0.2) is 49.6 Å². The predicted octanol–water partition coefficient (Wildman–Crippen LogP) is 5.36. The molecule has 2 fully saturated rings. The topological polar surface area (TPSA) is 35.6 Å². The Hall–Kier alpha value is -1.73. The number of anilines is 1. The van der Waals surface area contributed by atoms with Gasteiger partial charge in [-0.25, -0.2) is 8.78 Å². The molecule has 0 atom stereocenters. The molecule has 4 rings (SSSR count). The lowest BCUT2D eigenvalue weighted by Gasteiger charge is -2.36. The lowest BCUT2D eigenvalue weighted by molar-refractivity contribution is -0.122. The highest BCUT2D eigenvalue weighted by Crippen LogP contribution is 2.37. The Bertz CT molecular complexity index is 881. The van der Waals surface area contributed by atoms with Gasteiger partial charge >= 0.3 is 0 Å². The molecule has 0 bridgehead atoms. The van der Waals surface area contributed by atoms with Crippen LogP contribution >= 0.6 is 11.3 Å². The summed E-state index contributed by atoms with van der Waals surface area (Å²) >= 11 is 1.54. The van der Waals surface area contributed by atoms with E-state index in [9.17, 15) is 13.6 Å². The van der Waals surface area contributed by atoms with E-state index in [2.05, 4.69) is 20.5 Å². The molecule has 170 valence electrons. The molecule has 1 aromatic carbocycles. The molecule has 2 aromatic rings. The van der Waals surface area contributed by atoms with Gasteiger partial charge in [-0.15, -0.1) is 11.3 Å². The number of nitrogens with zero attached hydrogens (tertiary/aromatic N) is 2. The van der Waals surface area contributed by atoms with E-state index in [1.807, 2.05) is 6.07 Å². The fourth-order valence-electron chi connectivity index (χ4n) is 4.75. The minimum absolute atomic E-state index is 0.0748. The number of rotatable bonds is 7. The fraction of sp³-hybridized carbons (Fsp3) is 0.625. The zero-order chi connectivity index (χ0) is 21.8. The Morgan fingerprint density at radius 3 is 2.61 bits per heavy atom. The number of carbonyl (C=O) groups excluding carboxylic acids is 1. The van der Waals surface area contributed by atoms with Crippen molar-refractivity contribution < 1.29 is 13.6 Å². The molecular weight excluding hydrogens is 416 g/mol. The van der Waals surface area contributed by atoms with E-state index in [1.165, 1.54) is 30.6 Å². The minimum atomic E-state index is -2.81. The van der Waals surface area contributed by atoms with Crippen LogP contribution in [0, 0.1) is 0 Å². The number of fused-ring (bicyclic) bond motifs is 1. The van der Waals surface area contributed by atoms with Crippen LogP contribution in [0.3, 0.4) is 0 Å². The highest BCUT2D eigenvalue weighted by Gasteiger charge is 2.26. The lowest BCUT2D eigenvalue weighted by Crippen LogP contribution is -2.46. The highest BCUT2D eigenvalue weighted by atomic mass is 32.1. The molecule has 0 radical (unpaired) electrons. The van der Waals surface area contributed by atoms with Crippen LogP contribution in [0.2, 0.25) is 0 Å². The standard InChI is InChI=1S/C24H33F2N3OS/c1-24(25,26)18-9-10-20-21(17-31-22(20)16-18)29-14-12-28(13-15-29)11-5-8-23(30)27-19-6-3-2-4-7-19/h9-10,16-17,19H,2-8,11-15H2,1H3,(H,27,30). The van der Waals surface area contributed by atoms with Crippen molar-refractivity contribution in [3.63, 3.8) is 0 Å². The maximum absolute atomic E-state index is 13.6. The zero-order valence-electron chi connectivity index (χ0n) is 18.3. The predicted molar refractivity (Wildman–Crippen MR) is 124 cm³/mol. The normalized spacial score (nSPS) is 19.1. The number of piperazine rings is 1. The molecule has 0 spiro atoms. The average Bonchev–Trinajstić information content (AvgIpc) is 3.18. The van der Waals surface area contributed by atoms with Crippen LogP contribution in [0.1, 0.15) is 57.4 Å². The van der Waals surface area contributed by atoms with Gasteiger partial charge in [-0.2, -0.15) is 0 Å². The minimum Gasteiger partial charge on any atom is -0.368 e. The molecule has 4 nitrogen and oxygen atoms in total. The van der Waals surface area contributed by atoms with Gasteiger partial charge in [0.2, 0.25) is 5.91 Å². The summed E-state index contributed by atoms with van der Waals surface area (Å²) in [6.45, 7) is 5.67. The molecule has 1 amide bonds. The van der Waals surface area contributed by atoms with Gasteiger partial charge in [0.1, 0.15) is 0 Å². The molecule has 0 unspecified atom stereocenters. The Kier molecular flexibility index (Phi) is 7.12. The van der Waals surface area contributed by atoms with Crippen molar-refractivity contribution >= 4 is 33.0 Å². The number of halogens is 2. The summed E-state index contributed by atoms with van der Waals surface area (Å²) in [6.07, 6.45) is 7.54. The van der Waals surface area contributed by atoms with Crippen LogP contribution in [0.5, 0.6) is 0 Å². The Morgan fingerprint density at radius 1 is 1.16 bits per heavy atom. The van der Waals surface area contributed by atoms with Crippen molar-refractivity contribution in [1.29, 1.82) is 0 Å². The molecular formula is C24H33F2N3OS. The summed E-state index contributed by atoms with van der Waals surface area (Å²) < 4.78 is 28.2. The van der Waals surface area contributed by atoms with E-state index < -0.39 is 5.92 Å². The van der Waals surface area contributed by atoms with Gasteiger partial charge in [0.25, 0.3) is 5.92 Å². The van der Waals surface area contributed by atoms with Crippen molar-refractivity contribution in [2.75, 3.05) is 37.6 Å². The van der Waals surface area contributed by atoms with Crippen LogP contribution in [0.25, 0.3) is 10.1 Å². The molecule has 1 saturated carbocycles. The fourth-order valence-corrected chi connectivity index (χ4v) is 5.76. The van der Waals surface area contributed by atoms with E-state index in [1.54, 1.807) is 12.1 Å². The quantitative estimate of drug-likeness (QED) is 0.618. The van der Waals surface area contributed by atoms with Crippen molar-refractivity contribution in [2.24, 2.45) is 0 Å². The first-order chi connectivity index (χ1) is 14.9. The number of alkyl halides is 2. The maximum Gasteiger partial charge on any atom is 0.270 e. The van der Waals surface area contributed by atoms with Gasteiger partial charge in [-0.1, -0.05) is 31.4 Å².